The molecule has 0 aliphatic rings. The highest BCUT2D eigenvalue weighted by molar-refractivity contribution is 9.11. The third-order valence-electron chi connectivity index (χ3n) is 3.01. The molecule has 0 N–H and O–H groups in total. The average Bonchev–Trinajstić information content (AvgIpc) is 2.48. The summed E-state index contributed by atoms with van der Waals surface area (Å²) in [6, 6.07) is 7.04. The van der Waals surface area contributed by atoms with Crippen molar-refractivity contribution in [1.82, 2.24) is 0 Å². The first-order valence-electron chi connectivity index (χ1n) is 5.98. The molecule has 0 aliphatic carbocycles. The predicted octanol–water partition coefficient (Wildman–Crippen LogP) is 5.23. The van der Waals surface area contributed by atoms with Gasteiger partial charge >= 0.3 is 0 Å². The summed E-state index contributed by atoms with van der Waals surface area (Å²) < 4.78 is 38.6. The van der Waals surface area contributed by atoms with Gasteiger partial charge < -0.3 is 9.47 Å². The Hall–Kier alpha value is -1.14. The second kappa shape index (κ2) is 6.75. The zero-order valence-corrected chi connectivity index (χ0v) is 14.5. The van der Waals surface area contributed by atoms with Gasteiger partial charge in [0.15, 0.2) is 11.5 Å². The zero-order valence-electron chi connectivity index (χ0n) is 11.3. The van der Waals surface area contributed by atoms with Gasteiger partial charge in [-0.1, -0.05) is 31.9 Å². The monoisotopic (exact) mass is 420 g/mol. The fourth-order valence-electron chi connectivity index (χ4n) is 1.94. The van der Waals surface area contributed by atoms with E-state index in [1.54, 1.807) is 6.07 Å². The minimum Gasteiger partial charge on any atom is -0.493 e. The van der Waals surface area contributed by atoms with Crippen molar-refractivity contribution in [3.8, 4) is 11.5 Å². The first kappa shape index (κ1) is 16.2. The Balaban J connectivity index is 2.52. The highest BCUT2D eigenvalue weighted by Crippen LogP contribution is 2.40. The van der Waals surface area contributed by atoms with Gasteiger partial charge in [0.05, 0.1) is 19.0 Å². The van der Waals surface area contributed by atoms with Crippen LogP contribution in [0, 0.1) is 11.6 Å². The number of hydrogen-bond donors (Lipinski definition) is 0. The van der Waals surface area contributed by atoms with Gasteiger partial charge in [-0.15, -0.1) is 0 Å². The highest BCUT2D eigenvalue weighted by Gasteiger charge is 2.21. The molecule has 0 heterocycles. The van der Waals surface area contributed by atoms with Crippen LogP contribution in [0.2, 0.25) is 0 Å². The minimum atomic E-state index is -0.526. The van der Waals surface area contributed by atoms with E-state index in [2.05, 4.69) is 31.9 Å². The van der Waals surface area contributed by atoms with Crippen molar-refractivity contribution >= 4 is 31.9 Å². The molecular weight excluding hydrogens is 410 g/mol. The molecule has 2 aromatic rings. The minimum absolute atomic E-state index is 0.303. The van der Waals surface area contributed by atoms with Gasteiger partial charge in [-0.3, -0.25) is 0 Å². The van der Waals surface area contributed by atoms with E-state index in [1.165, 1.54) is 38.5 Å². The Morgan fingerprint density at radius 2 is 1.57 bits per heavy atom. The Morgan fingerprint density at radius 1 is 0.952 bits per heavy atom. The van der Waals surface area contributed by atoms with E-state index >= 15 is 0 Å². The molecule has 0 saturated heterocycles. The van der Waals surface area contributed by atoms with Crippen LogP contribution in [0.4, 0.5) is 8.78 Å². The molecule has 0 aliphatic heterocycles. The summed E-state index contributed by atoms with van der Waals surface area (Å²) in [6.45, 7) is 0. The summed E-state index contributed by atoms with van der Waals surface area (Å²) in [5, 5.41) is 0. The number of alkyl halides is 1. The quantitative estimate of drug-likeness (QED) is 0.629. The van der Waals surface area contributed by atoms with Crippen molar-refractivity contribution < 1.29 is 18.3 Å². The van der Waals surface area contributed by atoms with E-state index in [1.807, 2.05) is 0 Å². The van der Waals surface area contributed by atoms with Crippen molar-refractivity contribution in [3.63, 3.8) is 0 Å². The molecule has 0 fully saturated rings. The maximum Gasteiger partial charge on any atom is 0.163 e. The summed E-state index contributed by atoms with van der Waals surface area (Å²) in [4.78, 5) is -0.526. The van der Waals surface area contributed by atoms with E-state index in [0.29, 0.717) is 27.1 Å². The maximum atomic E-state index is 14.2. The molecule has 1 unspecified atom stereocenters. The lowest BCUT2D eigenvalue weighted by Crippen LogP contribution is -2.01. The third-order valence-corrected chi connectivity index (χ3v) is 4.72. The van der Waals surface area contributed by atoms with E-state index < -0.39 is 16.5 Å². The van der Waals surface area contributed by atoms with E-state index in [0.717, 1.165) is 0 Å². The summed E-state index contributed by atoms with van der Waals surface area (Å²) in [6.07, 6.45) is 0. The Bertz CT molecular complexity index is 662. The Morgan fingerprint density at radius 3 is 2.19 bits per heavy atom. The van der Waals surface area contributed by atoms with Crippen LogP contribution in [0.1, 0.15) is 16.0 Å². The zero-order chi connectivity index (χ0) is 15.6. The molecule has 2 nitrogen and oxygen atoms in total. The second-order valence-corrected chi connectivity index (χ2v) is 6.03. The SMILES string of the molecule is COc1cc(F)c(C(Br)c2cc(F)ccc2Br)cc1OC. The second-order valence-electron chi connectivity index (χ2n) is 4.26. The lowest BCUT2D eigenvalue weighted by atomic mass is 10.0. The molecule has 112 valence electrons. The van der Waals surface area contributed by atoms with Crippen LogP contribution in [0.5, 0.6) is 11.5 Å². The van der Waals surface area contributed by atoms with Crippen LogP contribution >= 0.6 is 31.9 Å². The fourth-order valence-corrected chi connectivity index (χ4v) is 3.45. The molecule has 0 radical (unpaired) electrons. The highest BCUT2D eigenvalue weighted by atomic mass is 79.9. The van der Waals surface area contributed by atoms with Gasteiger partial charge in [0.2, 0.25) is 0 Å². The molecule has 21 heavy (non-hydrogen) atoms. The fraction of sp³-hybridized carbons (Fsp3) is 0.200. The largest absolute Gasteiger partial charge is 0.493 e. The lowest BCUT2D eigenvalue weighted by Gasteiger charge is -2.16. The summed E-state index contributed by atoms with van der Waals surface area (Å²) in [7, 11) is 2.91. The molecule has 6 heteroatoms. The molecular formula is C15H12Br2F2O2. The van der Waals surface area contributed by atoms with Gasteiger partial charge in [0, 0.05) is 16.1 Å². The molecule has 0 bridgehead atoms. The molecule has 1 atom stereocenters. The molecule has 0 spiro atoms. The molecule has 0 amide bonds. The van der Waals surface area contributed by atoms with Crippen LogP contribution in [0.25, 0.3) is 0 Å². The predicted molar refractivity (Wildman–Crippen MR) is 84.4 cm³/mol. The van der Waals surface area contributed by atoms with Crippen LogP contribution in [-0.4, -0.2) is 14.2 Å². The standard InChI is InChI=1S/C15H12Br2F2O2/c1-20-13-6-10(12(19)7-14(13)21-2)15(17)9-5-8(18)3-4-11(9)16/h3-7,15H,1-2H3. The molecule has 0 saturated carbocycles. The number of benzene rings is 2. The Kier molecular flexibility index (Phi) is 5.22. The van der Waals surface area contributed by atoms with Crippen LogP contribution in [0.3, 0.4) is 0 Å². The smallest absolute Gasteiger partial charge is 0.163 e. The first-order valence-corrected chi connectivity index (χ1v) is 7.69. The number of hydrogen-bond acceptors (Lipinski definition) is 2. The number of methoxy groups -OCH3 is 2. The number of rotatable bonds is 4. The van der Waals surface area contributed by atoms with Crippen LogP contribution in [0.15, 0.2) is 34.8 Å². The van der Waals surface area contributed by atoms with Crippen molar-refractivity contribution in [3.05, 3.63) is 57.6 Å². The van der Waals surface area contributed by atoms with E-state index in [-0.39, 0.29) is 0 Å². The summed E-state index contributed by atoms with van der Waals surface area (Å²) >= 11 is 6.75. The van der Waals surface area contributed by atoms with Crippen molar-refractivity contribution in [2.24, 2.45) is 0 Å². The molecule has 0 aromatic heterocycles. The lowest BCUT2D eigenvalue weighted by molar-refractivity contribution is 0.351. The van der Waals surface area contributed by atoms with E-state index in [9.17, 15) is 8.78 Å². The van der Waals surface area contributed by atoms with Crippen LogP contribution in [-0.2, 0) is 0 Å². The third kappa shape index (κ3) is 3.37. The maximum absolute atomic E-state index is 14.2. The van der Waals surface area contributed by atoms with Crippen LogP contribution < -0.4 is 9.47 Å². The van der Waals surface area contributed by atoms with Gasteiger partial charge in [-0.2, -0.15) is 0 Å². The van der Waals surface area contributed by atoms with Gasteiger partial charge in [0.1, 0.15) is 11.6 Å². The first-order chi connectivity index (χ1) is 9.97. The van der Waals surface area contributed by atoms with Crippen molar-refractivity contribution in [2.45, 2.75) is 4.83 Å². The molecule has 2 rings (SSSR count). The van der Waals surface area contributed by atoms with Gasteiger partial charge in [0.25, 0.3) is 0 Å². The molecule has 2 aromatic carbocycles. The Labute approximate surface area is 138 Å². The number of halogens is 4. The van der Waals surface area contributed by atoms with Gasteiger partial charge in [-0.05, 0) is 29.8 Å². The van der Waals surface area contributed by atoms with E-state index in [4.69, 9.17) is 9.47 Å². The summed E-state index contributed by atoms with van der Waals surface area (Å²) in [5.74, 6) is -0.146. The topological polar surface area (TPSA) is 18.5 Å². The average molecular weight is 422 g/mol. The van der Waals surface area contributed by atoms with Crippen molar-refractivity contribution in [2.75, 3.05) is 14.2 Å². The summed E-state index contributed by atoms with van der Waals surface area (Å²) in [5.41, 5.74) is 0.917. The van der Waals surface area contributed by atoms with Gasteiger partial charge in [-0.25, -0.2) is 8.78 Å². The van der Waals surface area contributed by atoms with Crippen molar-refractivity contribution in [1.29, 1.82) is 0 Å². The normalized spacial score (nSPS) is 12.1. The number of ether oxygens (including phenoxy) is 2.